The molecule has 0 radical (unpaired) electrons. The van der Waals surface area contributed by atoms with E-state index in [2.05, 4.69) is 11.8 Å². The lowest BCUT2D eigenvalue weighted by molar-refractivity contribution is 0.460. The van der Waals surface area contributed by atoms with Crippen LogP contribution in [0.25, 0.3) is 0 Å². The first kappa shape index (κ1) is 16.2. The summed E-state index contributed by atoms with van der Waals surface area (Å²) in [5, 5.41) is 1.93. The quantitative estimate of drug-likeness (QED) is 0.838. The van der Waals surface area contributed by atoms with Crippen LogP contribution in [-0.2, 0) is 16.6 Å². The molecule has 0 atom stereocenters. The van der Waals surface area contributed by atoms with E-state index in [1.165, 1.54) is 15.6 Å². The molecule has 2 N–H and O–H groups in total. The molecule has 0 saturated heterocycles. The summed E-state index contributed by atoms with van der Waals surface area (Å²) in [5.74, 6) is 6.03. The highest BCUT2D eigenvalue weighted by molar-refractivity contribution is 7.89. The summed E-state index contributed by atoms with van der Waals surface area (Å²) in [7, 11) is -1.57. The molecule has 1 rings (SSSR count). The van der Waals surface area contributed by atoms with Crippen LogP contribution < -0.4 is 5.73 Å². The number of hydrogen-bond donors (Lipinski definition) is 1. The molecule has 4 nitrogen and oxygen atoms in total. The molecule has 1 heterocycles. The van der Waals surface area contributed by atoms with Crippen molar-refractivity contribution in [1.82, 2.24) is 4.31 Å². The van der Waals surface area contributed by atoms with Crippen molar-refractivity contribution in [2.45, 2.75) is 20.4 Å². The van der Waals surface area contributed by atoms with E-state index in [0.717, 1.165) is 10.4 Å². The Morgan fingerprint density at radius 1 is 1.47 bits per heavy atom. The lowest BCUT2D eigenvalue weighted by Gasteiger charge is -2.17. The fourth-order valence-electron chi connectivity index (χ4n) is 1.57. The molecule has 106 valence electrons. The molecule has 0 saturated carbocycles. The van der Waals surface area contributed by atoms with Gasteiger partial charge in [-0.1, -0.05) is 25.7 Å². The maximum absolute atomic E-state index is 12.0. The van der Waals surface area contributed by atoms with Crippen molar-refractivity contribution in [2.75, 3.05) is 19.3 Å². The normalized spacial score (nSPS) is 11.7. The van der Waals surface area contributed by atoms with Gasteiger partial charge in [0.2, 0.25) is 10.0 Å². The topological polar surface area (TPSA) is 63.4 Å². The highest BCUT2D eigenvalue weighted by atomic mass is 32.2. The third kappa shape index (κ3) is 5.33. The smallest absolute Gasteiger partial charge is 0.214 e. The summed E-state index contributed by atoms with van der Waals surface area (Å²) >= 11 is 1.51. The first-order valence-corrected chi connectivity index (χ1v) is 8.54. The summed E-state index contributed by atoms with van der Waals surface area (Å²) in [6, 6.07) is 1.91. The summed E-state index contributed by atoms with van der Waals surface area (Å²) in [4.78, 5) is 0.912. The minimum Gasteiger partial charge on any atom is -0.320 e. The van der Waals surface area contributed by atoms with Crippen LogP contribution in [0.2, 0.25) is 0 Å². The number of rotatable bonds is 5. The van der Waals surface area contributed by atoms with Crippen LogP contribution in [0.1, 0.15) is 24.3 Å². The zero-order chi connectivity index (χ0) is 14.5. The van der Waals surface area contributed by atoms with Crippen molar-refractivity contribution in [3.8, 4) is 11.8 Å². The molecule has 0 spiro atoms. The molecule has 0 aromatic carbocycles. The number of nitrogens with zero attached hydrogens (tertiary/aromatic N) is 1. The summed E-state index contributed by atoms with van der Waals surface area (Å²) < 4.78 is 25.4. The molecule has 0 aliphatic rings. The van der Waals surface area contributed by atoms with Crippen LogP contribution >= 0.6 is 11.3 Å². The van der Waals surface area contributed by atoms with Crippen LogP contribution in [0.5, 0.6) is 0 Å². The standard InChI is InChI=1S/C13H20N2O2S2/c1-11(2)10-19(16,17)15(3)8-12-7-13(18-9-12)5-4-6-14/h7,9,11H,6,8,10,14H2,1-3H3. The minimum absolute atomic E-state index is 0.126. The summed E-state index contributed by atoms with van der Waals surface area (Å²) in [5.41, 5.74) is 6.27. The van der Waals surface area contributed by atoms with E-state index in [1.54, 1.807) is 7.05 Å². The van der Waals surface area contributed by atoms with Gasteiger partial charge in [0.25, 0.3) is 0 Å². The van der Waals surface area contributed by atoms with Crippen molar-refractivity contribution in [1.29, 1.82) is 0 Å². The van der Waals surface area contributed by atoms with Gasteiger partial charge in [-0.2, -0.15) is 0 Å². The average molecular weight is 300 g/mol. The van der Waals surface area contributed by atoms with Crippen molar-refractivity contribution in [2.24, 2.45) is 11.7 Å². The zero-order valence-corrected chi connectivity index (χ0v) is 13.1. The molecule has 6 heteroatoms. The predicted octanol–water partition coefficient (Wildman–Crippen LogP) is 1.48. The summed E-state index contributed by atoms with van der Waals surface area (Å²) in [6.45, 7) is 4.51. The van der Waals surface area contributed by atoms with Crippen LogP contribution in [0.15, 0.2) is 11.4 Å². The SMILES string of the molecule is CC(C)CS(=O)(=O)N(C)Cc1csc(C#CCN)c1. The molecule has 0 aliphatic heterocycles. The van der Waals surface area contributed by atoms with E-state index in [1.807, 2.05) is 25.3 Å². The third-order valence-electron chi connectivity index (χ3n) is 2.39. The number of thiophene rings is 1. The molecule has 1 aromatic rings. The van der Waals surface area contributed by atoms with Gasteiger partial charge >= 0.3 is 0 Å². The van der Waals surface area contributed by atoms with E-state index >= 15 is 0 Å². The van der Waals surface area contributed by atoms with Gasteiger partial charge in [-0.25, -0.2) is 12.7 Å². The van der Waals surface area contributed by atoms with Gasteiger partial charge in [-0.3, -0.25) is 0 Å². The van der Waals surface area contributed by atoms with E-state index in [-0.39, 0.29) is 11.7 Å². The van der Waals surface area contributed by atoms with Crippen molar-refractivity contribution < 1.29 is 8.42 Å². The monoisotopic (exact) mass is 300 g/mol. The number of sulfonamides is 1. The minimum atomic E-state index is -3.18. The Balaban J connectivity index is 2.72. The second-order valence-corrected chi connectivity index (χ2v) is 7.79. The van der Waals surface area contributed by atoms with E-state index in [4.69, 9.17) is 5.73 Å². The predicted molar refractivity (Wildman–Crippen MR) is 80.3 cm³/mol. The summed E-state index contributed by atoms with van der Waals surface area (Å²) in [6.07, 6.45) is 0. The number of nitrogens with two attached hydrogens (primary N) is 1. The van der Waals surface area contributed by atoms with Gasteiger partial charge < -0.3 is 5.73 Å². The van der Waals surface area contributed by atoms with Crippen molar-refractivity contribution in [3.05, 3.63) is 21.9 Å². The average Bonchev–Trinajstić information content (AvgIpc) is 2.72. The highest BCUT2D eigenvalue weighted by Gasteiger charge is 2.19. The fourth-order valence-corrected chi connectivity index (χ4v) is 3.78. The highest BCUT2D eigenvalue weighted by Crippen LogP contribution is 2.17. The maximum atomic E-state index is 12.0. The molecular formula is C13H20N2O2S2. The molecule has 0 bridgehead atoms. The Bertz CT molecular complexity index is 565. The Labute approximate surface area is 119 Å². The molecular weight excluding hydrogens is 280 g/mol. The van der Waals surface area contributed by atoms with Gasteiger partial charge in [-0.15, -0.1) is 11.3 Å². The maximum Gasteiger partial charge on any atom is 0.214 e. The molecule has 0 amide bonds. The Morgan fingerprint density at radius 3 is 2.74 bits per heavy atom. The second kappa shape index (κ2) is 7.06. The Morgan fingerprint density at radius 2 is 2.16 bits per heavy atom. The third-order valence-corrected chi connectivity index (χ3v) is 5.45. The van der Waals surface area contributed by atoms with Crippen LogP contribution in [0.4, 0.5) is 0 Å². The van der Waals surface area contributed by atoms with Crippen molar-refractivity contribution >= 4 is 21.4 Å². The van der Waals surface area contributed by atoms with Crippen molar-refractivity contribution in [3.63, 3.8) is 0 Å². The van der Waals surface area contributed by atoms with Gasteiger partial charge in [0.1, 0.15) is 0 Å². The van der Waals surface area contributed by atoms with E-state index in [0.29, 0.717) is 13.1 Å². The molecule has 0 unspecified atom stereocenters. The molecule has 0 aliphatic carbocycles. The lowest BCUT2D eigenvalue weighted by atomic mass is 10.3. The van der Waals surface area contributed by atoms with E-state index < -0.39 is 10.0 Å². The lowest BCUT2D eigenvalue weighted by Crippen LogP contribution is -2.30. The largest absolute Gasteiger partial charge is 0.320 e. The van der Waals surface area contributed by atoms with Gasteiger partial charge in [0.05, 0.1) is 17.2 Å². The van der Waals surface area contributed by atoms with Crippen LogP contribution in [0, 0.1) is 17.8 Å². The fraction of sp³-hybridized carbons (Fsp3) is 0.538. The van der Waals surface area contributed by atoms with Crippen LogP contribution in [-0.4, -0.2) is 32.1 Å². The zero-order valence-electron chi connectivity index (χ0n) is 11.5. The Hall–Kier alpha value is -0.870. The van der Waals surface area contributed by atoms with E-state index in [9.17, 15) is 8.42 Å². The molecule has 1 aromatic heterocycles. The molecule has 19 heavy (non-hydrogen) atoms. The van der Waals surface area contributed by atoms with Gasteiger partial charge in [-0.05, 0) is 22.9 Å². The first-order chi connectivity index (χ1) is 8.85. The number of hydrogen-bond acceptors (Lipinski definition) is 4. The first-order valence-electron chi connectivity index (χ1n) is 6.05. The van der Waals surface area contributed by atoms with Gasteiger partial charge in [0.15, 0.2) is 0 Å². The second-order valence-electron chi connectivity index (χ2n) is 4.75. The van der Waals surface area contributed by atoms with Gasteiger partial charge in [0, 0.05) is 13.6 Å². The Kier molecular flexibility index (Phi) is 6.01. The molecule has 0 fully saturated rings. The van der Waals surface area contributed by atoms with Crippen LogP contribution in [0.3, 0.4) is 0 Å².